The second kappa shape index (κ2) is 7.10. The van der Waals surface area contributed by atoms with Gasteiger partial charge in [-0.1, -0.05) is 0 Å². The van der Waals surface area contributed by atoms with Gasteiger partial charge in [0.2, 0.25) is 5.95 Å². The molecule has 9 heteroatoms. The average molecular weight is 426 g/mol. The lowest BCUT2D eigenvalue weighted by molar-refractivity contribution is 0.0244. The molecule has 2 aromatic heterocycles. The van der Waals surface area contributed by atoms with Gasteiger partial charge in [-0.15, -0.1) is 0 Å². The van der Waals surface area contributed by atoms with E-state index in [4.69, 9.17) is 4.74 Å². The third kappa shape index (κ3) is 4.18. The molecule has 4 aliphatic rings. The van der Waals surface area contributed by atoms with E-state index in [0.29, 0.717) is 11.9 Å². The fraction of sp³-hybridized carbons (Fsp3) is 0.636. The highest BCUT2D eigenvalue weighted by Crippen LogP contribution is 2.52. The third-order valence-electron chi connectivity index (χ3n) is 6.34. The lowest BCUT2D eigenvalue weighted by Crippen LogP contribution is -2.44. The van der Waals surface area contributed by atoms with Crippen LogP contribution in [-0.4, -0.2) is 62.9 Å². The molecule has 2 saturated heterocycles. The normalized spacial score (nSPS) is 24.6. The molecule has 0 unspecified atom stereocenters. The van der Waals surface area contributed by atoms with Crippen LogP contribution in [0.4, 0.5) is 22.4 Å². The van der Waals surface area contributed by atoms with Crippen LogP contribution in [0.1, 0.15) is 58.1 Å². The maximum atomic E-state index is 12.5. The van der Waals surface area contributed by atoms with Crippen LogP contribution in [0.2, 0.25) is 0 Å². The van der Waals surface area contributed by atoms with Crippen molar-refractivity contribution in [3.8, 4) is 0 Å². The van der Waals surface area contributed by atoms with E-state index < -0.39 is 5.60 Å². The Kier molecular flexibility index (Phi) is 4.60. The molecule has 2 aliphatic heterocycles. The van der Waals surface area contributed by atoms with Crippen LogP contribution in [0.25, 0.3) is 0 Å². The van der Waals surface area contributed by atoms with Gasteiger partial charge in [0.15, 0.2) is 5.82 Å². The largest absolute Gasteiger partial charge is 0.444 e. The molecule has 2 N–H and O–H groups in total. The fourth-order valence-corrected chi connectivity index (χ4v) is 4.80. The van der Waals surface area contributed by atoms with Crippen LogP contribution in [0.5, 0.6) is 0 Å². The summed E-state index contributed by atoms with van der Waals surface area (Å²) in [4.78, 5) is 25.6. The molecule has 6 rings (SSSR count). The van der Waals surface area contributed by atoms with Crippen LogP contribution in [0, 0.1) is 5.41 Å². The first-order valence-electron chi connectivity index (χ1n) is 11.1. The molecular weight excluding hydrogens is 394 g/mol. The van der Waals surface area contributed by atoms with E-state index in [0.717, 1.165) is 37.6 Å². The monoisotopic (exact) mass is 425 g/mol. The maximum Gasteiger partial charge on any atom is 0.410 e. The number of anilines is 3. The van der Waals surface area contributed by atoms with E-state index in [1.54, 1.807) is 6.20 Å². The average Bonchev–Trinajstić information content (AvgIpc) is 3.15. The van der Waals surface area contributed by atoms with Crippen molar-refractivity contribution < 1.29 is 9.53 Å². The molecular formula is C22H31N7O2. The third-order valence-corrected chi connectivity index (χ3v) is 6.34. The number of nitrogens with one attached hydrogen (secondary N) is 2. The first kappa shape index (κ1) is 20.1. The molecule has 166 valence electrons. The number of fused-ring (bicyclic) bond motifs is 1. The quantitative estimate of drug-likeness (QED) is 0.729. The highest BCUT2D eigenvalue weighted by molar-refractivity contribution is 5.70. The highest BCUT2D eigenvalue weighted by Gasteiger charge is 2.57. The van der Waals surface area contributed by atoms with Crippen LogP contribution >= 0.6 is 0 Å². The lowest BCUT2D eigenvalue weighted by atomic mass is 9.70. The van der Waals surface area contributed by atoms with Gasteiger partial charge in [0, 0.05) is 55.5 Å². The standard InChI is InChI=1S/C22H31N7O2/c1-21(2,3)31-20(30)29-13-22(10-15(29)11-22)12-28(4)19-23-8-7-17(25-19)24-18-9-16(26-27-18)14-5-6-14/h7-9,14-15H,5-6,10-13H2,1-4H3,(H2,23,24,25,26,27). The number of carbonyl (C=O) groups is 1. The summed E-state index contributed by atoms with van der Waals surface area (Å²) < 4.78 is 5.58. The van der Waals surface area contributed by atoms with Crippen molar-refractivity contribution in [2.75, 3.05) is 30.4 Å². The van der Waals surface area contributed by atoms with Crippen molar-refractivity contribution in [1.29, 1.82) is 0 Å². The molecule has 0 radical (unpaired) electrons. The summed E-state index contributed by atoms with van der Waals surface area (Å²) in [6, 6.07) is 4.19. The number of rotatable bonds is 6. The molecule has 9 nitrogen and oxygen atoms in total. The number of aromatic amines is 1. The van der Waals surface area contributed by atoms with Gasteiger partial charge >= 0.3 is 6.09 Å². The molecule has 4 fully saturated rings. The van der Waals surface area contributed by atoms with E-state index >= 15 is 0 Å². The topological polar surface area (TPSA) is 99.3 Å². The predicted molar refractivity (Wildman–Crippen MR) is 118 cm³/mol. The van der Waals surface area contributed by atoms with Crippen molar-refractivity contribution in [1.82, 2.24) is 25.1 Å². The molecule has 2 aliphatic carbocycles. The molecule has 2 bridgehead atoms. The molecule has 2 saturated carbocycles. The molecule has 0 aromatic carbocycles. The van der Waals surface area contributed by atoms with Crippen molar-refractivity contribution in [2.45, 2.75) is 64.0 Å². The second-order valence-electron chi connectivity index (χ2n) is 10.4. The van der Waals surface area contributed by atoms with Gasteiger partial charge in [-0.05, 0) is 52.5 Å². The number of carbonyl (C=O) groups excluding carboxylic acids is 1. The van der Waals surface area contributed by atoms with Crippen LogP contribution in [0.15, 0.2) is 18.3 Å². The number of amides is 1. The summed E-state index contributed by atoms with van der Waals surface area (Å²) in [5.74, 6) is 2.79. The summed E-state index contributed by atoms with van der Waals surface area (Å²) in [5, 5.41) is 10.7. The van der Waals surface area contributed by atoms with E-state index in [2.05, 4.69) is 36.4 Å². The van der Waals surface area contributed by atoms with E-state index in [1.165, 1.54) is 18.5 Å². The molecule has 31 heavy (non-hydrogen) atoms. The zero-order chi connectivity index (χ0) is 21.8. The minimum absolute atomic E-state index is 0.0878. The van der Waals surface area contributed by atoms with Crippen molar-refractivity contribution in [3.63, 3.8) is 0 Å². The van der Waals surface area contributed by atoms with Crippen molar-refractivity contribution >= 4 is 23.7 Å². The highest BCUT2D eigenvalue weighted by atomic mass is 16.6. The van der Waals surface area contributed by atoms with Gasteiger partial charge in [-0.25, -0.2) is 9.78 Å². The van der Waals surface area contributed by atoms with Gasteiger partial charge in [-0.3, -0.25) is 5.10 Å². The Morgan fingerprint density at radius 1 is 1.35 bits per heavy atom. The summed E-state index contributed by atoms with van der Waals surface area (Å²) in [7, 11) is 2.01. The summed E-state index contributed by atoms with van der Waals surface area (Å²) in [5.41, 5.74) is 0.802. The second-order valence-corrected chi connectivity index (χ2v) is 10.4. The predicted octanol–water partition coefficient (Wildman–Crippen LogP) is 3.66. The summed E-state index contributed by atoms with van der Waals surface area (Å²) >= 11 is 0. The Morgan fingerprint density at radius 3 is 2.84 bits per heavy atom. The van der Waals surface area contributed by atoms with E-state index in [1.807, 2.05) is 38.8 Å². The molecule has 2 aromatic rings. The van der Waals surface area contributed by atoms with Gasteiger partial charge in [0.1, 0.15) is 11.4 Å². The zero-order valence-corrected chi connectivity index (χ0v) is 18.7. The Morgan fingerprint density at radius 2 is 2.13 bits per heavy atom. The number of nitrogens with zero attached hydrogens (tertiary/aromatic N) is 5. The SMILES string of the molecule is CN(CC12CC(C1)N(C(=O)OC(C)(C)C)C2)c1nccc(Nc2cc(C3CC3)[nH]n2)n1. The Balaban J connectivity index is 1.20. The van der Waals surface area contributed by atoms with Crippen molar-refractivity contribution in [2.24, 2.45) is 5.41 Å². The zero-order valence-electron chi connectivity index (χ0n) is 18.7. The molecule has 1 amide bonds. The van der Waals surface area contributed by atoms with Crippen LogP contribution in [0.3, 0.4) is 0 Å². The minimum Gasteiger partial charge on any atom is -0.444 e. The van der Waals surface area contributed by atoms with Gasteiger partial charge in [0.05, 0.1) is 0 Å². The van der Waals surface area contributed by atoms with Crippen LogP contribution < -0.4 is 10.2 Å². The smallest absolute Gasteiger partial charge is 0.410 e. The molecule has 4 heterocycles. The van der Waals surface area contributed by atoms with Gasteiger partial charge in [-0.2, -0.15) is 10.1 Å². The Hall–Kier alpha value is -2.84. The lowest BCUT2D eigenvalue weighted by Gasteiger charge is -2.39. The number of H-pyrrole nitrogens is 1. The first-order chi connectivity index (χ1) is 14.7. The maximum absolute atomic E-state index is 12.5. The summed E-state index contributed by atoms with van der Waals surface area (Å²) in [6.45, 7) is 7.25. The number of hydrogen-bond acceptors (Lipinski definition) is 7. The Bertz CT molecular complexity index is 972. The number of aromatic nitrogens is 4. The minimum atomic E-state index is -0.469. The van der Waals surface area contributed by atoms with E-state index in [9.17, 15) is 4.79 Å². The Labute approximate surface area is 182 Å². The summed E-state index contributed by atoms with van der Waals surface area (Å²) in [6.07, 6.45) is 6.04. The van der Waals surface area contributed by atoms with Crippen molar-refractivity contribution in [3.05, 3.63) is 24.0 Å². The molecule has 0 atom stereocenters. The molecule has 0 spiro atoms. The number of hydrogen-bond donors (Lipinski definition) is 2. The van der Waals surface area contributed by atoms with Crippen LogP contribution in [-0.2, 0) is 4.74 Å². The van der Waals surface area contributed by atoms with Gasteiger partial charge in [0.25, 0.3) is 0 Å². The number of ether oxygens (including phenoxy) is 1. The first-order valence-corrected chi connectivity index (χ1v) is 11.1. The fourth-order valence-electron chi connectivity index (χ4n) is 4.80. The van der Waals surface area contributed by atoms with Gasteiger partial charge < -0.3 is 19.9 Å². The van der Waals surface area contributed by atoms with E-state index in [-0.39, 0.29) is 17.6 Å².